The number of anilines is 1. The Bertz CT molecular complexity index is 1660. The van der Waals surface area contributed by atoms with Gasteiger partial charge in [0.1, 0.15) is 11.4 Å². The second kappa shape index (κ2) is 9.46. The van der Waals surface area contributed by atoms with Crippen LogP contribution in [0.3, 0.4) is 0 Å². The number of carbonyl (C=O) groups excluding carboxylic acids is 3. The van der Waals surface area contributed by atoms with Crippen LogP contribution >= 0.6 is 11.6 Å². The van der Waals surface area contributed by atoms with E-state index in [0.717, 1.165) is 11.5 Å². The van der Waals surface area contributed by atoms with Gasteiger partial charge < -0.3 is 4.57 Å². The molecule has 1 aliphatic heterocycles. The Morgan fingerprint density at radius 3 is 2.37 bits per heavy atom. The van der Waals surface area contributed by atoms with Crippen LogP contribution in [-0.2, 0) is 22.3 Å². The van der Waals surface area contributed by atoms with Gasteiger partial charge in [0.15, 0.2) is 0 Å². The molecule has 2 heterocycles. The highest BCUT2D eigenvalue weighted by Crippen LogP contribution is 2.37. The van der Waals surface area contributed by atoms with Gasteiger partial charge in [-0.05, 0) is 42.5 Å². The highest BCUT2D eigenvalue weighted by molar-refractivity contribution is 6.42. The van der Waals surface area contributed by atoms with E-state index in [1.807, 2.05) is 5.32 Å². The number of nitrogens with zero attached hydrogens (tertiary/aromatic N) is 2. The predicted molar refractivity (Wildman–Crippen MR) is 133 cm³/mol. The largest absolute Gasteiger partial charge is 0.416 e. The van der Waals surface area contributed by atoms with Crippen LogP contribution in [-0.4, -0.2) is 22.4 Å². The van der Waals surface area contributed by atoms with Crippen molar-refractivity contribution in [2.24, 2.45) is 0 Å². The SMILES string of the molecule is O=C1NC(=O)N(c2cc(C(F)(F)F)ccc2Cl)C(=O)/C1=C\c1cc2ccccc2n1Cc1ccccc1F. The number of nitrogens with one attached hydrogen (secondary N) is 1. The van der Waals surface area contributed by atoms with Gasteiger partial charge in [-0.1, -0.05) is 48.0 Å². The summed E-state index contributed by atoms with van der Waals surface area (Å²) in [6, 6.07) is 15.8. The number of imide groups is 2. The number of benzene rings is 3. The van der Waals surface area contributed by atoms with Crippen molar-refractivity contribution < 1.29 is 31.9 Å². The summed E-state index contributed by atoms with van der Waals surface area (Å²) < 4.78 is 56.0. The summed E-state index contributed by atoms with van der Waals surface area (Å²) in [6.07, 6.45) is -3.56. The van der Waals surface area contributed by atoms with Crippen molar-refractivity contribution in [3.05, 3.63) is 106 Å². The van der Waals surface area contributed by atoms with Gasteiger partial charge in [0.25, 0.3) is 11.8 Å². The predicted octanol–water partition coefficient (Wildman–Crippen LogP) is 6.17. The Balaban J connectivity index is 1.62. The first-order chi connectivity index (χ1) is 18.0. The van der Waals surface area contributed by atoms with E-state index in [1.165, 1.54) is 12.1 Å². The molecule has 192 valence electrons. The maximum absolute atomic E-state index is 14.4. The second-order valence-electron chi connectivity index (χ2n) is 8.43. The smallest absolute Gasteiger partial charge is 0.336 e. The number of hydrogen-bond acceptors (Lipinski definition) is 3. The number of urea groups is 1. The zero-order chi connectivity index (χ0) is 27.2. The van der Waals surface area contributed by atoms with E-state index in [2.05, 4.69) is 0 Å². The van der Waals surface area contributed by atoms with Crippen LogP contribution < -0.4 is 10.2 Å². The highest BCUT2D eigenvalue weighted by atomic mass is 35.5. The van der Waals surface area contributed by atoms with Crippen molar-refractivity contribution in [2.45, 2.75) is 12.7 Å². The van der Waals surface area contributed by atoms with Crippen molar-refractivity contribution in [1.82, 2.24) is 9.88 Å². The number of alkyl halides is 3. The number of para-hydroxylation sites is 1. The molecule has 1 fully saturated rings. The van der Waals surface area contributed by atoms with E-state index >= 15 is 0 Å². The van der Waals surface area contributed by atoms with E-state index < -0.39 is 46.7 Å². The lowest BCUT2D eigenvalue weighted by Gasteiger charge is -2.27. The van der Waals surface area contributed by atoms with Crippen LogP contribution in [0.1, 0.15) is 16.8 Å². The third-order valence-electron chi connectivity index (χ3n) is 6.04. The Hall–Kier alpha value is -4.44. The van der Waals surface area contributed by atoms with Crippen LogP contribution in [0.25, 0.3) is 17.0 Å². The number of halogens is 5. The molecule has 5 rings (SSSR count). The number of fused-ring (bicyclic) bond motifs is 1. The summed E-state index contributed by atoms with van der Waals surface area (Å²) in [5, 5.41) is 2.40. The van der Waals surface area contributed by atoms with Crippen LogP contribution in [0.4, 0.5) is 28.0 Å². The molecule has 4 amide bonds. The molecule has 0 saturated carbocycles. The fourth-order valence-electron chi connectivity index (χ4n) is 4.21. The van der Waals surface area contributed by atoms with Gasteiger partial charge in [0.05, 0.1) is 22.8 Å². The lowest BCUT2D eigenvalue weighted by atomic mass is 10.1. The Labute approximate surface area is 217 Å². The molecule has 0 unspecified atom stereocenters. The van der Waals surface area contributed by atoms with Crippen LogP contribution in [0.2, 0.25) is 5.02 Å². The minimum atomic E-state index is -4.77. The molecule has 3 aromatic carbocycles. The summed E-state index contributed by atoms with van der Waals surface area (Å²) >= 11 is 6.05. The maximum Gasteiger partial charge on any atom is 0.416 e. The van der Waals surface area contributed by atoms with E-state index in [-0.39, 0.29) is 11.6 Å². The zero-order valence-corrected chi connectivity index (χ0v) is 20.0. The van der Waals surface area contributed by atoms with E-state index in [0.29, 0.717) is 33.8 Å². The molecule has 0 bridgehead atoms. The third-order valence-corrected chi connectivity index (χ3v) is 6.36. The molecule has 6 nitrogen and oxygen atoms in total. The van der Waals surface area contributed by atoms with Crippen LogP contribution in [0, 0.1) is 5.82 Å². The topological polar surface area (TPSA) is 71.4 Å². The number of hydrogen-bond donors (Lipinski definition) is 1. The molecule has 0 spiro atoms. The molecular formula is C27H16ClF4N3O3. The van der Waals surface area contributed by atoms with Crippen molar-refractivity contribution >= 4 is 52.1 Å². The Kier molecular flexibility index (Phi) is 6.28. The molecule has 38 heavy (non-hydrogen) atoms. The van der Waals surface area contributed by atoms with E-state index in [4.69, 9.17) is 11.6 Å². The normalized spacial score (nSPS) is 15.4. The standard InChI is InChI=1S/C27H16ClF4N3O3/c28-20-10-9-17(27(30,31)32)12-23(20)35-25(37)19(24(36)33-26(35)38)13-18-11-15-5-2-4-8-22(15)34(18)14-16-6-1-3-7-21(16)29/h1-13H,14H2,(H,33,36,38)/b19-13-. The molecule has 0 atom stereocenters. The van der Waals surface area contributed by atoms with Gasteiger partial charge in [-0.25, -0.2) is 14.1 Å². The minimum absolute atomic E-state index is 0.0528. The number of barbiturate groups is 1. The number of rotatable bonds is 4. The monoisotopic (exact) mass is 541 g/mol. The van der Waals surface area contributed by atoms with Crippen LogP contribution in [0.15, 0.2) is 78.4 Å². The summed E-state index contributed by atoms with van der Waals surface area (Å²) in [5.41, 5.74) is -0.826. The molecule has 1 aliphatic rings. The van der Waals surface area contributed by atoms with E-state index in [9.17, 15) is 31.9 Å². The first-order valence-electron chi connectivity index (χ1n) is 11.1. The quantitative estimate of drug-likeness (QED) is 0.191. The average Bonchev–Trinajstić information content (AvgIpc) is 3.20. The van der Waals surface area contributed by atoms with Gasteiger partial charge >= 0.3 is 12.2 Å². The lowest BCUT2D eigenvalue weighted by molar-refractivity contribution is -0.137. The third kappa shape index (κ3) is 4.54. The summed E-state index contributed by atoms with van der Waals surface area (Å²) in [6.45, 7) is 0.0528. The molecule has 4 aromatic rings. The van der Waals surface area contributed by atoms with Crippen molar-refractivity contribution in [2.75, 3.05) is 4.90 Å². The number of carbonyl (C=O) groups is 3. The van der Waals surface area contributed by atoms with Crippen molar-refractivity contribution in [3.8, 4) is 0 Å². The number of aromatic nitrogens is 1. The molecule has 1 saturated heterocycles. The van der Waals surface area contributed by atoms with Crippen molar-refractivity contribution in [1.29, 1.82) is 0 Å². The lowest BCUT2D eigenvalue weighted by Crippen LogP contribution is -2.54. The van der Waals surface area contributed by atoms with Gasteiger partial charge in [0.2, 0.25) is 0 Å². The summed E-state index contributed by atoms with van der Waals surface area (Å²) in [4.78, 5) is 39.0. The Morgan fingerprint density at radius 1 is 0.921 bits per heavy atom. The van der Waals surface area contributed by atoms with Crippen LogP contribution in [0.5, 0.6) is 0 Å². The van der Waals surface area contributed by atoms with Gasteiger partial charge in [0, 0.05) is 22.2 Å². The van der Waals surface area contributed by atoms with Gasteiger partial charge in [-0.15, -0.1) is 0 Å². The summed E-state index contributed by atoms with van der Waals surface area (Å²) in [5.74, 6) is -2.66. The fourth-order valence-corrected chi connectivity index (χ4v) is 4.41. The Morgan fingerprint density at radius 2 is 1.63 bits per heavy atom. The molecule has 11 heteroatoms. The maximum atomic E-state index is 14.4. The van der Waals surface area contributed by atoms with E-state index in [1.54, 1.807) is 53.1 Å². The second-order valence-corrected chi connectivity index (χ2v) is 8.83. The molecule has 1 aromatic heterocycles. The van der Waals surface area contributed by atoms with Crippen molar-refractivity contribution in [3.63, 3.8) is 0 Å². The zero-order valence-electron chi connectivity index (χ0n) is 19.2. The molecule has 0 aliphatic carbocycles. The highest BCUT2D eigenvalue weighted by Gasteiger charge is 2.39. The molecular weight excluding hydrogens is 526 g/mol. The average molecular weight is 542 g/mol. The minimum Gasteiger partial charge on any atom is -0.336 e. The fraction of sp³-hybridized carbons (Fsp3) is 0.0741. The van der Waals surface area contributed by atoms with Gasteiger partial charge in [-0.3, -0.25) is 14.9 Å². The molecule has 0 radical (unpaired) electrons. The first-order valence-corrected chi connectivity index (χ1v) is 11.5. The first kappa shape index (κ1) is 25.2. The van der Waals surface area contributed by atoms with Gasteiger partial charge in [-0.2, -0.15) is 13.2 Å². The number of amides is 4. The molecule has 1 N–H and O–H groups in total. The summed E-state index contributed by atoms with van der Waals surface area (Å²) in [7, 11) is 0.